The summed E-state index contributed by atoms with van der Waals surface area (Å²) in [7, 11) is 4.92. The minimum atomic E-state index is -0.408. The molecule has 0 radical (unpaired) electrons. The molecule has 4 saturated carbocycles. The molecule has 0 amide bonds. The number of rotatable bonds is 10. The quantitative estimate of drug-likeness (QED) is 0.109. The number of nitrogens with one attached hydrogen (secondary N) is 2. The molecule has 87 heavy (non-hydrogen) atoms. The van der Waals surface area contributed by atoms with Crippen LogP contribution in [0.1, 0.15) is 128 Å². The molecule has 4 heterocycles. The largest absolute Gasteiger partial charge is 0.374 e. The first-order valence-corrected chi connectivity index (χ1v) is 29.1. The molecule has 4 aliphatic rings. The van der Waals surface area contributed by atoms with Crippen LogP contribution in [-0.4, -0.2) is 57.7 Å². The van der Waals surface area contributed by atoms with Gasteiger partial charge >= 0.3 is 22.8 Å². The Morgan fingerprint density at radius 2 is 0.598 bits per heavy atom. The van der Waals surface area contributed by atoms with Gasteiger partial charge in [0.2, 0.25) is 0 Å². The molecule has 0 unspecified atom stereocenters. The fourth-order valence-electron chi connectivity index (χ4n) is 8.55. The number of benzene rings is 4. The molecule has 4 N–H and O–H groups in total. The van der Waals surface area contributed by atoms with Gasteiger partial charge in [-0.15, -0.1) is 0 Å². The van der Waals surface area contributed by atoms with Gasteiger partial charge in [-0.3, -0.25) is 42.0 Å². The smallest absolute Gasteiger partial charge is 0.337 e. The van der Waals surface area contributed by atoms with Gasteiger partial charge in [-0.05, 0) is 155 Å². The molecule has 4 fully saturated rings. The van der Waals surface area contributed by atoms with Crippen molar-refractivity contribution in [2.24, 2.45) is 5.73 Å². The van der Waals surface area contributed by atoms with Crippen molar-refractivity contribution in [2.75, 3.05) is 31.8 Å². The minimum absolute atomic E-state index is 0. The highest BCUT2D eigenvalue weighted by molar-refractivity contribution is 9.11. The van der Waals surface area contributed by atoms with E-state index in [1.54, 1.807) is 67.2 Å². The van der Waals surface area contributed by atoms with E-state index in [4.69, 9.17) is 23.2 Å². The first kappa shape index (κ1) is 78.7. The Bertz CT molecular complexity index is 4070. The Labute approximate surface area is 551 Å². The number of aromatic nitrogens is 8. The second kappa shape index (κ2) is 34.4. The lowest BCUT2D eigenvalue weighted by Gasteiger charge is -2.14. The molecule has 0 saturated heterocycles. The molecular weight excluding hydrogens is 1420 g/mol. The number of nitrogens with zero attached hydrogens (tertiary/aromatic N) is 8. The van der Waals surface area contributed by atoms with Crippen LogP contribution in [0.5, 0.6) is 0 Å². The lowest BCUT2D eigenvalue weighted by Crippen LogP contribution is -2.39. The summed E-state index contributed by atoms with van der Waals surface area (Å²) in [5, 5.41) is 6.19. The summed E-state index contributed by atoms with van der Waals surface area (Å²) < 4.78 is 14.7. The normalized spacial score (nSPS) is 13.0. The van der Waals surface area contributed by atoms with Gasteiger partial charge < -0.3 is 16.4 Å². The molecular formula is C62H81Br4Cl2N11O8. The van der Waals surface area contributed by atoms with Gasteiger partial charge in [0.25, 0.3) is 22.2 Å². The molecule has 0 bridgehead atoms. The average Bonchev–Trinajstić information content (AvgIpc) is 1.87. The van der Waals surface area contributed by atoms with E-state index in [1.807, 2.05) is 48.5 Å². The third-order valence-corrected chi connectivity index (χ3v) is 15.6. The molecule has 0 aliphatic heterocycles. The summed E-state index contributed by atoms with van der Waals surface area (Å²) in [5.41, 5.74) is 4.39. The molecule has 0 atom stereocenters. The maximum Gasteiger partial charge on any atom is 0.337 e. The highest BCUT2D eigenvalue weighted by Crippen LogP contribution is 2.37. The standard InChI is InChI=1S/2C14H14BrN3O2.2C13H10BrClN2O2.CH5N.7CH4/c1-16-12-8-13(19)18(11-4-2-9(15)3-5-11)14(20)17(12)10-6-7-10;1-16-12-8-13(19)18(11-6-7-11)14(20)17(12)10-4-2-9(15)3-5-10;14-8-1-3-10(4-2-8)17-12(18)7-11(15)16(13(17)19)9-5-6-9;14-8-1-3-9(4-2-8)16-11(15)7-12(18)17(13(16)19)10-5-6-10;1-2;;;;;;;/h2-5,8,10,16H,6-7H2,1H3;2-5,8,11,16H,6-7H2,1H3;1-4,7,9H,5-6H2;1-4,7,10H,5-6H2;2H2,1H3;7*1H4. The van der Waals surface area contributed by atoms with E-state index < -0.39 is 5.56 Å². The van der Waals surface area contributed by atoms with E-state index >= 15 is 0 Å². The number of halogens is 6. The van der Waals surface area contributed by atoms with Gasteiger partial charge in [-0.2, -0.15) is 0 Å². The van der Waals surface area contributed by atoms with Crippen LogP contribution >= 0.6 is 86.9 Å². The van der Waals surface area contributed by atoms with Crippen LogP contribution < -0.4 is 61.4 Å². The van der Waals surface area contributed by atoms with E-state index in [1.165, 1.54) is 58.7 Å². The lowest BCUT2D eigenvalue weighted by molar-refractivity contribution is 0.631. The van der Waals surface area contributed by atoms with E-state index in [2.05, 4.69) is 80.1 Å². The fraction of sp³-hybridized carbons (Fsp3) is 0.355. The van der Waals surface area contributed by atoms with Crippen LogP contribution in [0.15, 0.2) is 178 Å². The summed E-state index contributed by atoms with van der Waals surface area (Å²) in [6, 6.07) is 34.7. The molecule has 12 rings (SSSR count). The third kappa shape index (κ3) is 18.4. The monoisotopic (exact) mass is 1490 g/mol. The molecule has 19 nitrogen and oxygen atoms in total. The van der Waals surface area contributed by atoms with Crippen LogP contribution in [0.2, 0.25) is 10.3 Å². The van der Waals surface area contributed by atoms with Crippen molar-refractivity contribution < 1.29 is 0 Å². The van der Waals surface area contributed by atoms with Crippen molar-refractivity contribution in [1.82, 2.24) is 36.5 Å². The molecule has 4 aromatic carbocycles. The summed E-state index contributed by atoms with van der Waals surface area (Å²) in [5.74, 6) is 1.08. The van der Waals surface area contributed by atoms with Crippen LogP contribution in [0.4, 0.5) is 11.6 Å². The van der Waals surface area contributed by atoms with Crippen molar-refractivity contribution in [3.63, 3.8) is 0 Å². The number of anilines is 2. The molecule has 0 spiro atoms. The topological polar surface area (TPSA) is 226 Å². The van der Waals surface area contributed by atoms with Crippen molar-refractivity contribution >= 4 is 98.6 Å². The Morgan fingerprint density at radius 3 is 0.954 bits per heavy atom. The zero-order chi connectivity index (χ0) is 57.7. The summed E-state index contributed by atoms with van der Waals surface area (Å²) in [6.45, 7) is 0. The summed E-state index contributed by atoms with van der Waals surface area (Å²) >= 11 is 25.4. The van der Waals surface area contributed by atoms with Crippen molar-refractivity contribution in [1.29, 1.82) is 0 Å². The second-order valence-electron chi connectivity index (χ2n) is 18.6. The predicted molar refractivity (Wildman–Crippen MR) is 375 cm³/mol. The first-order chi connectivity index (χ1) is 38.4. The highest BCUT2D eigenvalue weighted by atomic mass is 79.9. The number of hydrogen-bond donors (Lipinski definition) is 3. The molecule has 4 aromatic heterocycles. The Hall–Kier alpha value is -6.34. The van der Waals surface area contributed by atoms with Gasteiger partial charge in [-0.1, -0.05) is 139 Å². The van der Waals surface area contributed by atoms with Crippen LogP contribution in [0.25, 0.3) is 22.7 Å². The SMILES string of the molecule is C.C.C.C.C.C.C.CN.CNc1cc(=O)n(-c2ccc(Br)cc2)c(=O)n1C1CC1.CNc1cc(=O)n(C2CC2)c(=O)n1-c1ccc(Br)cc1.O=c1cc(Cl)n(-c2ccc(Br)cc2)c(=O)n1C1CC1.O=c1cc(Cl)n(C2CC2)c(=O)n1-c1ccc(Br)cc1. The summed E-state index contributed by atoms with van der Waals surface area (Å²) in [4.78, 5) is 98.1. The zero-order valence-electron chi connectivity index (χ0n) is 43.2. The molecule has 4 aliphatic carbocycles. The first-order valence-electron chi connectivity index (χ1n) is 25.2. The third-order valence-electron chi connectivity index (χ3n) is 13.0. The maximum absolute atomic E-state index is 12.6. The van der Waals surface area contributed by atoms with Gasteiger partial charge in [0.05, 0.1) is 22.7 Å². The average molecular weight is 1500 g/mol. The van der Waals surface area contributed by atoms with Crippen molar-refractivity contribution in [3.8, 4) is 22.7 Å². The van der Waals surface area contributed by atoms with Crippen molar-refractivity contribution in [3.05, 3.63) is 233 Å². The van der Waals surface area contributed by atoms with E-state index in [0.29, 0.717) is 28.7 Å². The van der Waals surface area contributed by atoms with Gasteiger partial charge in [0.15, 0.2) is 0 Å². The molecule has 474 valence electrons. The molecule has 25 heteroatoms. The lowest BCUT2D eigenvalue weighted by atomic mass is 10.3. The van der Waals surface area contributed by atoms with Crippen LogP contribution in [-0.2, 0) is 0 Å². The Kier molecular flexibility index (Phi) is 31.1. The Morgan fingerprint density at radius 1 is 0.345 bits per heavy atom. The van der Waals surface area contributed by atoms with E-state index in [0.717, 1.165) is 79.5 Å². The minimum Gasteiger partial charge on any atom is -0.374 e. The van der Waals surface area contributed by atoms with E-state index in [-0.39, 0.29) is 126 Å². The predicted octanol–water partition coefficient (Wildman–Crippen LogP) is 13.8. The number of hydrogen-bond acceptors (Lipinski definition) is 11. The van der Waals surface area contributed by atoms with Gasteiger partial charge in [0, 0.05) is 80.4 Å². The van der Waals surface area contributed by atoms with Crippen molar-refractivity contribution in [2.45, 2.75) is 128 Å². The maximum atomic E-state index is 12.6. The van der Waals surface area contributed by atoms with Gasteiger partial charge in [-0.25, -0.2) is 32.9 Å². The molecule has 8 aromatic rings. The van der Waals surface area contributed by atoms with E-state index in [9.17, 15) is 38.4 Å². The van der Waals surface area contributed by atoms with Crippen LogP contribution in [0, 0.1) is 0 Å². The van der Waals surface area contributed by atoms with Crippen LogP contribution in [0.3, 0.4) is 0 Å². The van der Waals surface area contributed by atoms with Gasteiger partial charge in [0.1, 0.15) is 21.9 Å². The Balaban J connectivity index is 0.000000559. The summed E-state index contributed by atoms with van der Waals surface area (Å²) in [6.07, 6.45) is 7.35. The zero-order valence-corrected chi connectivity index (χ0v) is 51.1. The number of nitrogens with two attached hydrogens (primary N) is 1. The fourth-order valence-corrected chi connectivity index (χ4v) is 10.2. The second-order valence-corrected chi connectivity index (χ2v) is 23.1. The highest BCUT2D eigenvalue weighted by Gasteiger charge is 2.31.